The van der Waals surface area contributed by atoms with Crippen LogP contribution in [0.25, 0.3) is 0 Å². The standard InChI is InChI=1S/C12H17N5S/c1-3-5-13-12-14-6-4-11(17-12)16-8-10-7-15-9(2)18-10/h4,6-7H,3,5,8H2,1-2H3,(H2,13,14,16,17). The first-order valence-electron chi connectivity index (χ1n) is 6.00. The summed E-state index contributed by atoms with van der Waals surface area (Å²) in [5, 5.41) is 7.52. The molecule has 0 radical (unpaired) electrons. The van der Waals surface area contributed by atoms with Gasteiger partial charge < -0.3 is 10.6 Å². The summed E-state index contributed by atoms with van der Waals surface area (Å²) in [6.07, 6.45) is 4.71. The molecule has 0 aromatic carbocycles. The van der Waals surface area contributed by atoms with E-state index in [1.165, 1.54) is 4.88 Å². The normalized spacial score (nSPS) is 10.3. The second-order valence-corrected chi connectivity index (χ2v) is 5.21. The van der Waals surface area contributed by atoms with E-state index in [0.29, 0.717) is 5.95 Å². The molecule has 0 amide bonds. The Labute approximate surface area is 111 Å². The van der Waals surface area contributed by atoms with Gasteiger partial charge in [0.2, 0.25) is 5.95 Å². The Morgan fingerprint density at radius 2 is 2.17 bits per heavy atom. The van der Waals surface area contributed by atoms with Gasteiger partial charge in [0, 0.05) is 23.8 Å². The zero-order valence-corrected chi connectivity index (χ0v) is 11.4. The molecule has 0 spiro atoms. The third-order valence-electron chi connectivity index (χ3n) is 2.30. The zero-order valence-electron chi connectivity index (χ0n) is 10.6. The van der Waals surface area contributed by atoms with E-state index in [1.54, 1.807) is 17.5 Å². The van der Waals surface area contributed by atoms with Gasteiger partial charge in [-0.1, -0.05) is 6.92 Å². The second-order valence-electron chi connectivity index (χ2n) is 3.89. The number of nitrogens with zero attached hydrogens (tertiary/aromatic N) is 3. The fourth-order valence-corrected chi connectivity index (χ4v) is 2.18. The van der Waals surface area contributed by atoms with Gasteiger partial charge in [0.1, 0.15) is 5.82 Å². The average Bonchev–Trinajstić information content (AvgIpc) is 2.80. The fraction of sp³-hybridized carbons (Fsp3) is 0.417. The molecule has 2 heterocycles. The molecule has 0 aliphatic rings. The molecule has 0 unspecified atom stereocenters. The van der Waals surface area contributed by atoms with Crippen LogP contribution in [0.2, 0.25) is 0 Å². The monoisotopic (exact) mass is 263 g/mol. The van der Waals surface area contributed by atoms with Crippen molar-refractivity contribution in [2.75, 3.05) is 17.2 Å². The van der Waals surface area contributed by atoms with Crippen molar-refractivity contribution in [3.05, 3.63) is 28.3 Å². The van der Waals surface area contributed by atoms with Crippen molar-refractivity contribution in [2.45, 2.75) is 26.8 Å². The maximum absolute atomic E-state index is 4.38. The molecule has 2 aromatic rings. The van der Waals surface area contributed by atoms with Gasteiger partial charge in [-0.25, -0.2) is 9.97 Å². The predicted octanol–water partition coefficient (Wildman–Crippen LogP) is 2.68. The highest BCUT2D eigenvalue weighted by atomic mass is 32.1. The molecular weight excluding hydrogens is 246 g/mol. The first-order chi connectivity index (χ1) is 8.78. The lowest BCUT2D eigenvalue weighted by Crippen LogP contribution is -2.06. The van der Waals surface area contributed by atoms with Gasteiger partial charge in [0.05, 0.1) is 11.6 Å². The van der Waals surface area contributed by atoms with Gasteiger partial charge >= 0.3 is 0 Å². The van der Waals surface area contributed by atoms with E-state index in [4.69, 9.17) is 0 Å². The van der Waals surface area contributed by atoms with E-state index in [-0.39, 0.29) is 0 Å². The molecular formula is C12H17N5S. The number of anilines is 2. The second kappa shape index (κ2) is 6.30. The van der Waals surface area contributed by atoms with Gasteiger partial charge in [-0.05, 0) is 19.4 Å². The quantitative estimate of drug-likeness (QED) is 0.839. The maximum atomic E-state index is 4.38. The van der Waals surface area contributed by atoms with Crippen molar-refractivity contribution in [1.82, 2.24) is 15.0 Å². The Morgan fingerprint density at radius 3 is 2.89 bits per heavy atom. The van der Waals surface area contributed by atoms with E-state index < -0.39 is 0 Å². The van der Waals surface area contributed by atoms with Crippen molar-refractivity contribution in [3.63, 3.8) is 0 Å². The van der Waals surface area contributed by atoms with E-state index >= 15 is 0 Å². The molecule has 5 nitrogen and oxygen atoms in total. The Hall–Kier alpha value is -1.69. The summed E-state index contributed by atoms with van der Waals surface area (Å²) in [5.41, 5.74) is 0. The molecule has 0 saturated carbocycles. The largest absolute Gasteiger partial charge is 0.365 e. The van der Waals surface area contributed by atoms with E-state index in [2.05, 4.69) is 32.5 Å². The Kier molecular flexibility index (Phi) is 4.46. The van der Waals surface area contributed by atoms with Crippen LogP contribution in [0.5, 0.6) is 0 Å². The highest BCUT2D eigenvalue weighted by molar-refractivity contribution is 7.11. The first kappa shape index (κ1) is 12.8. The molecule has 0 fully saturated rings. The Balaban J connectivity index is 1.92. The number of rotatable bonds is 6. The van der Waals surface area contributed by atoms with Crippen LogP contribution in [0, 0.1) is 6.92 Å². The van der Waals surface area contributed by atoms with Crippen LogP contribution in [-0.2, 0) is 6.54 Å². The summed E-state index contributed by atoms with van der Waals surface area (Å²) < 4.78 is 0. The average molecular weight is 263 g/mol. The van der Waals surface area contributed by atoms with Crippen LogP contribution in [0.1, 0.15) is 23.2 Å². The predicted molar refractivity (Wildman–Crippen MR) is 75.0 cm³/mol. The third-order valence-corrected chi connectivity index (χ3v) is 3.21. The summed E-state index contributed by atoms with van der Waals surface area (Å²) in [6.45, 7) is 5.75. The molecule has 2 rings (SSSR count). The summed E-state index contributed by atoms with van der Waals surface area (Å²) in [6, 6.07) is 1.87. The number of nitrogens with one attached hydrogen (secondary N) is 2. The number of aryl methyl sites for hydroxylation is 1. The molecule has 0 atom stereocenters. The minimum Gasteiger partial charge on any atom is -0.365 e. The molecule has 6 heteroatoms. The van der Waals surface area contributed by atoms with Crippen LogP contribution in [0.4, 0.5) is 11.8 Å². The van der Waals surface area contributed by atoms with Gasteiger partial charge in [-0.2, -0.15) is 4.98 Å². The Morgan fingerprint density at radius 1 is 1.28 bits per heavy atom. The maximum Gasteiger partial charge on any atom is 0.224 e. The molecule has 96 valence electrons. The molecule has 2 N–H and O–H groups in total. The minimum atomic E-state index is 0.669. The number of thiazole rings is 1. The number of hydrogen-bond donors (Lipinski definition) is 2. The molecule has 0 saturated heterocycles. The lowest BCUT2D eigenvalue weighted by Gasteiger charge is -2.06. The van der Waals surface area contributed by atoms with Gasteiger partial charge in [0.15, 0.2) is 0 Å². The van der Waals surface area contributed by atoms with Crippen LogP contribution in [0.3, 0.4) is 0 Å². The van der Waals surface area contributed by atoms with Crippen molar-refractivity contribution in [3.8, 4) is 0 Å². The van der Waals surface area contributed by atoms with Crippen molar-refractivity contribution >= 4 is 23.1 Å². The van der Waals surface area contributed by atoms with Crippen LogP contribution in [-0.4, -0.2) is 21.5 Å². The van der Waals surface area contributed by atoms with Crippen molar-refractivity contribution < 1.29 is 0 Å². The van der Waals surface area contributed by atoms with Gasteiger partial charge in [-0.3, -0.25) is 0 Å². The first-order valence-corrected chi connectivity index (χ1v) is 6.81. The SMILES string of the molecule is CCCNc1nccc(NCc2cnc(C)s2)n1. The zero-order chi connectivity index (χ0) is 12.8. The Bertz CT molecular complexity index is 497. The van der Waals surface area contributed by atoms with E-state index in [0.717, 1.165) is 30.3 Å². The summed E-state index contributed by atoms with van der Waals surface area (Å²) in [5.74, 6) is 1.50. The van der Waals surface area contributed by atoms with Crippen LogP contribution in [0.15, 0.2) is 18.5 Å². The highest BCUT2D eigenvalue weighted by Gasteiger charge is 2.00. The van der Waals surface area contributed by atoms with Crippen LogP contribution < -0.4 is 10.6 Å². The highest BCUT2D eigenvalue weighted by Crippen LogP contribution is 2.13. The third kappa shape index (κ3) is 3.66. The summed E-state index contributed by atoms with van der Waals surface area (Å²) in [4.78, 5) is 14.0. The van der Waals surface area contributed by atoms with Crippen molar-refractivity contribution in [2.24, 2.45) is 0 Å². The van der Waals surface area contributed by atoms with E-state index in [1.807, 2.05) is 19.2 Å². The smallest absolute Gasteiger partial charge is 0.224 e. The lowest BCUT2D eigenvalue weighted by molar-refractivity contribution is 0.950. The van der Waals surface area contributed by atoms with Crippen LogP contribution >= 0.6 is 11.3 Å². The molecule has 0 aliphatic carbocycles. The number of aromatic nitrogens is 3. The van der Waals surface area contributed by atoms with Crippen molar-refractivity contribution in [1.29, 1.82) is 0 Å². The fourth-order valence-electron chi connectivity index (χ4n) is 1.44. The molecule has 0 bridgehead atoms. The van der Waals surface area contributed by atoms with E-state index in [9.17, 15) is 0 Å². The van der Waals surface area contributed by atoms with Gasteiger partial charge in [-0.15, -0.1) is 11.3 Å². The topological polar surface area (TPSA) is 62.7 Å². The summed E-state index contributed by atoms with van der Waals surface area (Å²) in [7, 11) is 0. The molecule has 18 heavy (non-hydrogen) atoms. The minimum absolute atomic E-state index is 0.669. The lowest BCUT2D eigenvalue weighted by atomic mass is 10.5. The molecule has 0 aliphatic heterocycles. The molecule has 2 aromatic heterocycles. The van der Waals surface area contributed by atoms with Gasteiger partial charge in [0.25, 0.3) is 0 Å². The summed E-state index contributed by atoms with van der Waals surface area (Å²) >= 11 is 1.69. The number of hydrogen-bond acceptors (Lipinski definition) is 6.